The molecule has 3 aliphatic heterocycles. The quantitative estimate of drug-likeness (QED) is 0.888. The molecule has 3 saturated heterocycles. The van der Waals surface area contributed by atoms with Crippen molar-refractivity contribution in [3.8, 4) is 0 Å². The average Bonchev–Trinajstić information content (AvgIpc) is 2.39. The van der Waals surface area contributed by atoms with E-state index in [1.165, 1.54) is 32.7 Å². The van der Waals surface area contributed by atoms with Crippen LogP contribution in [0.5, 0.6) is 0 Å². The first-order valence-electron chi connectivity index (χ1n) is 5.99. The van der Waals surface area contributed by atoms with E-state index in [1.807, 2.05) is 0 Å². The number of piperazine rings is 3. The smallest absolute Gasteiger partial charge is 0.222 e. The Morgan fingerprint density at radius 3 is 2.53 bits per heavy atom. The Labute approximate surface area is 109 Å². The summed E-state index contributed by atoms with van der Waals surface area (Å²) in [5.41, 5.74) is 0. The molecule has 3 aliphatic rings. The number of aromatic nitrogens is 2. The molecule has 0 aromatic carbocycles. The molecule has 1 aromatic heterocycles. The van der Waals surface area contributed by atoms with Crippen molar-refractivity contribution >= 4 is 21.9 Å². The lowest BCUT2D eigenvalue weighted by Gasteiger charge is -2.47. The van der Waals surface area contributed by atoms with Crippen LogP contribution in [0, 0.1) is 0 Å². The summed E-state index contributed by atoms with van der Waals surface area (Å²) < 4.78 is 0.912. The van der Waals surface area contributed by atoms with Gasteiger partial charge < -0.3 is 5.32 Å². The van der Waals surface area contributed by atoms with Gasteiger partial charge in [-0.25, -0.2) is 9.97 Å². The van der Waals surface area contributed by atoms with E-state index in [1.54, 1.807) is 12.4 Å². The minimum absolute atomic E-state index is 0.602. The van der Waals surface area contributed by atoms with E-state index in [4.69, 9.17) is 0 Å². The normalized spacial score (nSPS) is 31.5. The Balaban J connectivity index is 1.56. The molecular weight excluding hydrogens is 282 g/mol. The van der Waals surface area contributed by atoms with Crippen LogP contribution in [0.2, 0.25) is 0 Å². The summed E-state index contributed by atoms with van der Waals surface area (Å²) in [6.07, 6.45) is 3.54. The van der Waals surface area contributed by atoms with Gasteiger partial charge in [-0.1, -0.05) is 0 Å². The highest BCUT2D eigenvalue weighted by Crippen LogP contribution is 2.15. The largest absolute Gasteiger partial charge is 0.353 e. The second kappa shape index (κ2) is 4.88. The van der Waals surface area contributed by atoms with E-state index < -0.39 is 0 Å². The summed E-state index contributed by atoms with van der Waals surface area (Å²) in [4.78, 5) is 13.5. The molecule has 1 N–H and O–H groups in total. The Bertz CT molecular complexity index is 374. The minimum Gasteiger partial charge on any atom is -0.353 e. The third-order valence-electron chi connectivity index (χ3n) is 3.51. The maximum Gasteiger partial charge on any atom is 0.222 e. The van der Waals surface area contributed by atoms with Crippen LogP contribution in [0.3, 0.4) is 0 Å². The van der Waals surface area contributed by atoms with Crippen LogP contribution in [0.1, 0.15) is 0 Å². The third-order valence-corrected chi connectivity index (χ3v) is 3.92. The zero-order valence-corrected chi connectivity index (χ0v) is 11.2. The van der Waals surface area contributed by atoms with E-state index in [9.17, 15) is 0 Å². The van der Waals surface area contributed by atoms with Crippen molar-refractivity contribution in [3.63, 3.8) is 0 Å². The number of hydrogen-bond donors (Lipinski definition) is 1. The second-order valence-corrected chi connectivity index (χ2v) is 5.51. The van der Waals surface area contributed by atoms with Gasteiger partial charge in [0.1, 0.15) is 0 Å². The van der Waals surface area contributed by atoms with E-state index in [-0.39, 0.29) is 0 Å². The van der Waals surface area contributed by atoms with Crippen molar-refractivity contribution in [2.45, 2.75) is 6.04 Å². The van der Waals surface area contributed by atoms with Gasteiger partial charge in [0.25, 0.3) is 0 Å². The highest BCUT2D eigenvalue weighted by atomic mass is 79.9. The molecule has 4 rings (SSSR count). The number of halogens is 1. The molecule has 2 bridgehead atoms. The first kappa shape index (κ1) is 11.4. The second-order valence-electron chi connectivity index (χ2n) is 4.60. The number of rotatable bonds is 3. The number of anilines is 1. The lowest BCUT2D eigenvalue weighted by Crippen LogP contribution is -2.62. The predicted molar refractivity (Wildman–Crippen MR) is 70.0 cm³/mol. The topological polar surface area (TPSA) is 44.3 Å². The predicted octanol–water partition coefficient (Wildman–Crippen LogP) is 0.651. The standard InChI is InChI=1S/C11H16BrN5/c12-9-5-13-11(14-6-9)15-7-10-8-16-1-3-17(10)4-2-16/h5-6,10H,1-4,7-8H2,(H,13,14,15). The summed E-state index contributed by atoms with van der Waals surface area (Å²) in [6.45, 7) is 6.96. The van der Waals surface area contributed by atoms with Gasteiger partial charge >= 0.3 is 0 Å². The fraction of sp³-hybridized carbons (Fsp3) is 0.636. The highest BCUT2D eigenvalue weighted by molar-refractivity contribution is 9.10. The van der Waals surface area contributed by atoms with E-state index in [0.717, 1.165) is 11.0 Å². The first-order valence-corrected chi connectivity index (χ1v) is 6.78. The van der Waals surface area contributed by atoms with E-state index in [0.29, 0.717) is 12.0 Å². The molecule has 0 saturated carbocycles. The third kappa shape index (κ3) is 2.59. The van der Waals surface area contributed by atoms with Crippen molar-refractivity contribution in [1.82, 2.24) is 19.8 Å². The molecule has 6 heteroatoms. The van der Waals surface area contributed by atoms with Gasteiger partial charge in [-0.2, -0.15) is 0 Å². The molecule has 0 radical (unpaired) electrons. The van der Waals surface area contributed by atoms with Crippen molar-refractivity contribution in [1.29, 1.82) is 0 Å². The molecule has 0 amide bonds. The maximum atomic E-state index is 4.22. The van der Waals surface area contributed by atoms with Gasteiger partial charge in [0.05, 0.1) is 4.47 Å². The Morgan fingerprint density at radius 1 is 1.24 bits per heavy atom. The zero-order chi connectivity index (χ0) is 11.7. The Kier molecular flexibility index (Phi) is 3.26. The average molecular weight is 298 g/mol. The summed E-state index contributed by atoms with van der Waals surface area (Å²) in [7, 11) is 0. The van der Waals surface area contributed by atoms with Gasteiger partial charge in [0, 0.05) is 57.7 Å². The molecule has 0 aliphatic carbocycles. The van der Waals surface area contributed by atoms with Crippen molar-refractivity contribution in [3.05, 3.63) is 16.9 Å². The molecule has 17 heavy (non-hydrogen) atoms. The van der Waals surface area contributed by atoms with Crippen LogP contribution in [0.15, 0.2) is 16.9 Å². The Morgan fingerprint density at radius 2 is 1.94 bits per heavy atom. The fourth-order valence-corrected chi connectivity index (χ4v) is 2.74. The number of hydrogen-bond acceptors (Lipinski definition) is 5. The van der Waals surface area contributed by atoms with Crippen LogP contribution >= 0.6 is 15.9 Å². The van der Waals surface area contributed by atoms with E-state index >= 15 is 0 Å². The molecule has 1 aromatic rings. The summed E-state index contributed by atoms with van der Waals surface area (Å²) in [5.74, 6) is 0.714. The molecule has 1 unspecified atom stereocenters. The molecule has 5 nitrogen and oxygen atoms in total. The maximum absolute atomic E-state index is 4.22. The van der Waals surface area contributed by atoms with Gasteiger partial charge in [-0.05, 0) is 15.9 Å². The molecule has 92 valence electrons. The fourth-order valence-electron chi connectivity index (χ4n) is 2.53. The number of nitrogens with zero attached hydrogens (tertiary/aromatic N) is 4. The van der Waals surface area contributed by atoms with Crippen LogP contribution in [-0.2, 0) is 0 Å². The summed E-state index contributed by atoms with van der Waals surface area (Å²) in [5, 5.41) is 3.32. The van der Waals surface area contributed by atoms with Crippen molar-refractivity contribution in [2.24, 2.45) is 0 Å². The van der Waals surface area contributed by atoms with Gasteiger partial charge in [0.15, 0.2) is 0 Å². The van der Waals surface area contributed by atoms with Crippen LogP contribution < -0.4 is 5.32 Å². The highest BCUT2D eigenvalue weighted by Gasteiger charge is 2.31. The minimum atomic E-state index is 0.602. The Hall–Kier alpha value is -0.720. The van der Waals surface area contributed by atoms with Crippen LogP contribution in [0.4, 0.5) is 5.95 Å². The van der Waals surface area contributed by atoms with Gasteiger partial charge in [0.2, 0.25) is 5.95 Å². The van der Waals surface area contributed by atoms with Crippen LogP contribution in [-0.4, -0.2) is 65.1 Å². The van der Waals surface area contributed by atoms with Crippen LogP contribution in [0.25, 0.3) is 0 Å². The first-order chi connectivity index (χ1) is 8.31. The van der Waals surface area contributed by atoms with E-state index in [2.05, 4.69) is 41.0 Å². The zero-order valence-electron chi connectivity index (χ0n) is 9.64. The number of nitrogens with one attached hydrogen (secondary N) is 1. The monoisotopic (exact) mass is 297 g/mol. The molecular formula is C11H16BrN5. The molecule has 1 atom stereocenters. The SMILES string of the molecule is Brc1cnc(NCC2CN3CCN2CC3)nc1. The molecule has 0 spiro atoms. The summed E-state index contributed by atoms with van der Waals surface area (Å²) in [6, 6.07) is 0.602. The molecule has 3 fully saturated rings. The summed E-state index contributed by atoms with van der Waals surface area (Å²) >= 11 is 3.33. The lowest BCUT2D eigenvalue weighted by atomic mass is 10.1. The van der Waals surface area contributed by atoms with Crippen molar-refractivity contribution in [2.75, 3.05) is 44.6 Å². The van der Waals surface area contributed by atoms with Crippen molar-refractivity contribution < 1.29 is 0 Å². The van der Waals surface area contributed by atoms with Gasteiger partial charge in [-0.15, -0.1) is 0 Å². The molecule has 4 heterocycles. The number of fused-ring (bicyclic) bond motifs is 3. The van der Waals surface area contributed by atoms with Gasteiger partial charge in [-0.3, -0.25) is 9.80 Å². The lowest BCUT2D eigenvalue weighted by molar-refractivity contribution is 0.0189.